The number of nitrogens with one attached hydrogen (secondary N) is 2. The molecule has 80 valence electrons. The molecular weight excluding hydrogens is 210 g/mol. The van der Waals surface area contributed by atoms with E-state index in [2.05, 4.69) is 32.2 Å². The van der Waals surface area contributed by atoms with Crippen molar-refractivity contribution in [3.05, 3.63) is 12.7 Å². The number of H-pyrrole nitrogens is 1. The molecule has 0 aromatic carbocycles. The first-order chi connectivity index (χ1) is 7.31. The highest BCUT2D eigenvalue weighted by Crippen LogP contribution is 2.21. The monoisotopic (exact) mass is 223 g/mol. The second kappa shape index (κ2) is 4.59. The summed E-state index contributed by atoms with van der Waals surface area (Å²) in [6.07, 6.45) is 3.19. The van der Waals surface area contributed by atoms with Crippen LogP contribution in [0.4, 0.5) is 0 Å². The van der Waals surface area contributed by atoms with Crippen LogP contribution in [0.5, 0.6) is 0 Å². The molecule has 0 spiro atoms. The van der Waals surface area contributed by atoms with Crippen LogP contribution in [-0.2, 0) is 0 Å². The van der Waals surface area contributed by atoms with E-state index >= 15 is 0 Å². The van der Waals surface area contributed by atoms with Crippen molar-refractivity contribution in [1.82, 2.24) is 25.3 Å². The molecule has 0 fully saturated rings. The number of hydrogen-bond acceptors (Lipinski definition) is 5. The predicted octanol–water partition coefficient (Wildman–Crippen LogP) is 1.05. The third-order valence-corrected chi connectivity index (χ3v) is 3.40. The van der Waals surface area contributed by atoms with Crippen molar-refractivity contribution in [2.75, 3.05) is 12.8 Å². The molecule has 2 heterocycles. The molecule has 0 amide bonds. The lowest BCUT2D eigenvalue weighted by Crippen LogP contribution is -2.23. The Labute approximate surface area is 92.1 Å². The van der Waals surface area contributed by atoms with Gasteiger partial charge in [0.15, 0.2) is 5.65 Å². The quantitative estimate of drug-likeness (QED) is 0.599. The van der Waals surface area contributed by atoms with Gasteiger partial charge in [-0.3, -0.25) is 0 Å². The van der Waals surface area contributed by atoms with E-state index in [4.69, 9.17) is 0 Å². The zero-order chi connectivity index (χ0) is 10.7. The van der Waals surface area contributed by atoms with E-state index in [0.29, 0.717) is 6.04 Å². The minimum atomic E-state index is 0.461. The molecule has 5 nitrogen and oxygen atoms in total. The Hall–Kier alpha value is -1.14. The number of aromatic nitrogens is 4. The average molecular weight is 223 g/mol. The van der Waals surface area contributed by atoms with E-state index in [0.717, 1.165) is 21.9 Å². The molecule has 0 bridgehead atoms. The number of hydrogen-bond donors (Lipinski definition) is 2. The fourth-order valence-electron chi connectivity index (χ4n) is 1.14. The maximum atomic E-state index is 4.24. The number of aromatic amines is 1. The largest absolute Gasteiger partial charge is 0.341 e. The lowest BCUT2D eigenvalue weighted by atomic mass is 10.4. The highest BCUT2D eigenvalue weighted by Gasteiger charge is 2.07. The van der Waals surface area contributed by atoms with Crippen LogP contribution in [-0.4, -0.2) is 38.8 Å². The van der Waals surface area contributed by atoms with Crippen molar-refractivity contribution in [2.24, 2.45) is 0 Å². The number of imidazole rings is 1. The van der Waals surface area contributed by atoms with Gasteiger partial charge in [-0.1, -0.05) is 0 Å². The Morgan fingerprint density at radius 2 is 2.33 bits per heavy atom. The minimum Gasteiger partial charge on any atom is -0.341 e. The Morgan fingerprint density at radius 3 is 3.13 bits per heavy atom. The topological polar surface area (TPSA) is 66.5 Å². The lowest BCUT2D eigenvalue weighted by molar-refractivity contribution is 0.677. The van der Waals surface area contributed by atoms with E-state index in [1.54, 1.807) is 24.4 Å². The van der Waals surface area contributed by atoms with Crippen LogP contribution in [0, 0.1) is 0 Å². The third-order valence-electron chi connectivity index (χ3n) is 2.15. The van der Waals surface area contributed by atoms with Crippen LogP contribution >= 0.6 is 11.8 Å². The molecule has 2 N–H and O–H groups in total. The number of thioether (sulfide) groups is 1. The van der Waals surface area contributed by atoms with Gasteiger partial charge >= 0.3 is 0 Å². The summed E-state index contributed by atoms with van der Waals surface area (Å²) in [5.74, 6) is 0.974. The van der Waals surface area contributed by atoms with Crippen molar-refractivity contribution < 1.29 is 0 Å². The zero-order valence-corrected chi connectivity index (χ0v) is 9.51. The number of rotatable bonds is 4. The molecule has 6 heteroatoms. The predicted molar refractivity (Wildman–Crippen MR) is 60.9 cm³/mol. The molecule has 0 aliphatic carbocycles. The van der Waals surface area contributed by atoms with Gasteiger partial charge in [-0.25, -0.2) is 15.0 Å². The van der Waals surface area contributed by atoms with E-state index in [1.807, 2.05) is 7.05 Å². The Kier molecular flexibility index (Phi) is 3.17. The van der Waals surface area contributed by atoms with Gasteiger partial charge in [-0.05, 0) is 14.0 Å². The smallest absolute Gasteiger partial charge is 0.181 e. The molecule has 0 aliphatic heterocycles. The SMILES string of the molecule is CNC(C)CSc1ncnc2nc[nH]c12. The molecule has 0 saturated carbocycles. The molecule has 0 aliphatic rings. The van der Waals surface area contributed by atoms with Crippen LogP contribution in [0.2, 0.25) is 0 Å². The van der Waals surface area contributed by atoms with Gasteiger partial charge in [-0.2, -0.15) is 0 Å². The van der Waals surface area contributed by atoms with Crippen molar-refractivity contribution >= 4 is 22.9 Å². The summed E-state index contributed by atoms with van der Waals surface area (Å²) in [6.45, 7) is 2.14. The van der Waals surface area contributed by atoms with Gasteiger partial charge in [0.1, 0.15) is 16.9 Å². The Balaban J connectivity index is 2.17. The van der Waals surface area contributed by atoms with E-state index in [9.17, 15) is 0 Å². The molecule has 2 aromatic rings. The first-order valence-electron chi connectivity index (χ1n) is 4.75. The first-order valence-corrected chi connectivity index (χ1v) is 5.74. The van der Waals surface area contributed by atoms with Crippen LogP contribution in [0.3, 0.4) is 0 Å². The fourth-order valence-corrected chi connectivity index (χ4v) is 2.13. The summed E-state index contributed by atoms with van der Waals surface area (Å²) in [7, 11) is 1.96. The summed E-state index contributed by atoms with van der Waals surface area (Å²) in [6, 6.07) is 0.461. The number of nitrogens with zero attached hydrogens (tertiary/aromatic N) is 3. The molecule has 15 heavy (non-hydrogen) atoms. The Bertz CT molecular complexity index is 441. The summed E-state index contributed by atoms with van der Waals surface area (Å²) < 4.78 is 0. The second-order valence-corrected chi connectivity index (χ2v) is 4.29. The molecule has 2 rings (SSSR count). The van der Waals surface area contributed by atoms with Gasteiger partial charge in [0.05, 0.1) is 6.33 Å². The summed E-state index contributed by atoms with van der Waals surface area (Å²) in [5.41, 5.74) is 1.65. The summed E-state index contributed by atoms with van der Waals surface area (Å²) >= 11 is 1.70. The molecular formula is C9H13N5S. The molecule has 1 atom stereocenters. The fraction of sp³-hybridized carbons (Fsp3) is 0.444. The van der Waals surface area contributed by atoms with Gasteiger partial charge < -0.3 is 10.3 Å². The normalized spacial score (nSPS) is 13.2. The summed E-state index contributed by atoms with van der Waals surface area (Å²) in [4.78, 5) is 15.4. The van der Waals surface area contributed by atoms with Crippen LogP contribution < -0.4 is 5.32 Å². The second-order valence-electron chi connectivity index (χ2n) is 3.28. The van der Waals surface area contributed by atoms with E-state index in [-0.39, 0.29) is 0 Å². The van der Waals surface area contributed by atoms with Crippen molar-refractivity contribution in [1.29, 1.82) is 0 Å². The standard InChI is InChI=1S/C9H13N5S/c1-6(10-2)3-15-9-7-8(12-4-11-7)13-5-14-9/h4-6,10H,3H2,1-2H3,(H,11,12,13,14). The summed E-state index contributed by atoms with van der Waals surface area (Å²) in [5, 5.41) is 4.14. The van der Waals surface area contributed by atoms with E-state index in [1.165, 1.54) is 0 Å². The highest BCUT2D eigenvalue weighted by molar-refractivity contribution is 7.99. The molecule has 0 radical (unpaired) electrons. The van der Waals surface area contributed by atoms with Crippen molar-refractivity contribution in [3.8, 4) is 0 Å². The Morgan fingerprint density at radius 1 is 1.47 bits per heavy atom. The molecule has 1 unspecified atom stereocenters. The third kappa shape index (κ3) is 2.27. The molecule has 0 saturated heterocycles. The van der Waals surface area contributed by atoms with Crippen molar-refractivity contribution in [2.45, 2.75) is 18.0 Å². The number of fused-ring (bicyclic) bond motifs is 1. The molecule has 2 aromatic heterocycles. The maximum absolute atomic E-state index is 4.24. The first kappa shape index (κ1) is 10.4. The van der Waals surface area contributed by atoms with Crippen LogP contribution in [0.1, 0.15) is 6.92 Å². The van der Waals surface area contributed by atoms with Gasteiger partial charge in [0.2, 0.25) is 0 Å². The van der Waals surface area contributed by atoms with E-state index < -0.39 is 0 Å². The van der Waals surface area contributed by atoms with Gasteiger partial charge in [0, 0.05) is 11.8 Å². The lowest BCUT2D eigenvalue weighted by Gasteiger charge is -2.08. The maximum Gasteiger partial charge on any atom is 0.181 e. The highest BCUT2D eigenvalue weighted by atomic mass is 32.2. The van der Waals surface area contributed by atoms with Gasteiger partial charge in [-0.15, -0.1) is 11.8 Å². The minimum absolute atomic E-state index is 0.461. The zero-order valence-electron chi connectivity index (χ0n) is 8.69. The van der Waals surface area contributed by atoms with Crippen molar-refractivity contribution in [3.63, 3.8) is 0 Å². The van der Waals surface area contributed by atoms with Crippen LogP contribution in [0.25, 0.3) is 11.2 Å². The average Bonchev–Trinajstić information content (AvgIpc) is 2.74. The van der Waals surface area contributed by atoms with Gasteiger partial charge in [0.25, 0.3) is 0 Å². The van der Waals surface area contributed by atoms with Crippen LogP contribution in [0.15, 0.2) is 17.7 Å².